The average Bonchev–Trinajstić information content (AvgIpc) is 1.90. The van der Waals surface area contributed by atoms with Gasteiger partial charge in [0.2, 0.25) is 5.91 Å². The summed E-state index contributed by atoms with van der Waals surface area (Å²) < 4.78 is 0. The van der Waals surface area contributed by atoms with Crippen LogP contribution < -0.4 is 0 Å². The minimum Gasteiger partial charge on any atom is -0.273 e. The number of nitrogens with zero attached hydrogens (tertiary/aromatic N) is 2. The molecule has 0 N–H and O–H groups in total. The second-order valence-corrected chi connectivity index (χ2v) is 4.74. The third-order valence-electron chi connectivity index (χ3n) is 3.66. The molecule has 4 rings (SSSR count). The van der Waals surface area contributed by atoms with Crippen LogP contribution in [0.15, 0.2) is 5.10 Å². The van der Waals surface area contributed by atoms with Crippen LogP contribution in [0.2, 0.25) is 0 Å². The first-order chi connectivity index (χ1) is 6.20. The zero-order valence-corrected chi connectivity index (χ0v) is 7.92. The lowest BCUT2D eigenvalue weighted by Gasteiger charge is -2.64. The van der Waals surface area contributed by atoms with Crippen molar-refractivity contribution in [2.24, 2.45) is 11.0 Å². The van der Waals surface area contributed by atoms with Gasteiger partial charge in [-0.3, -0.25) is 4.79 Å². The molecular formula is C10H14N2O. The molecule has 3 heteroatoms. The second-order valence-electron chi connectivity index (χ2n) is 4.74. The lowest BCUT2D eigenvalue weighted by Crippen LogP contribution is -2.68. The summed E-state index contributed by atoms with van der Waals surface area (Å²) in [6.07, 6.45) is 5.14. The fourth-order valence-corrected chi connectivity index (χ4v) is 2.73. The molecular weight excluding hydrogens is 164 g/mol. The maximum absolute atomic E-state index is 11.6. The third-order valence-corrected chi connectivity index (χ3v) is 3.66. The van der Waals surface area contributed by atoms with Gasteiger partial charge in [-0.2, -0.15) is 5.10 Å². The van der Waals surface area contributed by atoms with Gasteiger partial charge in [0, 0.05) is 12.1 Å². The van der Waals surface area contributed by atoms with E-state index in [2.05, 4.69) is 5.10 Å². The number of amides is 1. The molecule has 4 aliphatic rings. The van der Waals surface area contributed by atoms with Gasteiger partial charge in [0.15, 0.2) is 0 Å². The van der Waals surface area contributed by atoms with Crippen LogP contribution >= 0.6 is 0 Å². The molecule has 0 unspecified atom stereocenters. The molecule has 0 atom stereocenters. The van der Waals surface area contributed by atoms with Crippen molar-refractivity contribution >= 4 is 11.6 Å². The Labute approximate surface area is 77.8 Å². The Morgan fingerprint density at radius 2 is 2.08 bits per heavy atom. The molecule has 0 aromatic heterocycles. The van der Waals surface area contributed by atoms with Crippen LogP contribution in [0.5, 0.6) is 0 Å². The van der Waals surface area contributed by atoms with Crippen LogP contribution in [-0.2, 0) is 4.79 Å². The predicted octanol–water partition coefficient (Wildman–Crippen LogP) is 1.54. The average molecular weight is 178 g/mol. The SMILES string of the molecule is CC1=NN(C23CC(C2)C3)C(=O)CC1. The minimum atomic E-state index is 0.184. The van der Waals surface area contributed by atoms with Gasteiger partial charge < -0.3 is 0 Å². The monoisotopic (exact) mass is 178 g/mol. The fraction of sp³-hybridized carbons (Fsp3) is 0.800. The number of hydrogen-bond acceptors (Lipinski definition) is 2. The summed E-state index contributed by atoms with van der Waals surface area (Å²) in [4.78, 5) is 11.6. The van der Waals surface area contributed by atoms with E-state index in [-0.39, 0.29) is 11.4 Å². The molecule has 0 spiro atoms. The quantitative estimate of drug-likeness (QED) is 0.599. The van der Waals surface area contributed by atoms with Gasteiger partial charge in [0.25, 0.3) is 0 Å². The Balaban J connectivity index is 1.88. The van der Waals surface area contributed by atoms with E-state index < -0.39 is 0 Å². The lowest BCUT2D eigenvalue weighted by molar-refractivity contribution is -0.173. The summed E-state index contributed by atoms with van der Waals surface area (Å²) >= 11 is 0. The van der Waals surface area contributed by atoms with E-state index in [1.165, 1.54) is 19.3 Å². The Bertz CT molecular complexity index is 291. The van der Waals surface area contributed by atoms with Crippen molar-refractivity contribution in [2.45, 2.75) is 44.6 Å². The third kappa shape index (κ3) is 0.847. The molecule has 1 aliphatic heterocycles. The predicted molar refractivity (Wildman–Crippen MR) is 49.3 cm³/mol. The molecule has 1 heterocycles. The van der Waals surface area contributed by atoms with Gasteiger partial charge in [-0.15, -0.1) is 0 Å². The Hall–Kier alpha value is -0.860. The summed E-state index contributed by atoms with van der Waals surface area (Å²) in [5.74, 6) is 1.15. The van der Waals surface area contributed by atoms with Crippen LogP contribution in [0.3, 0.4) is 0 Å². The highest BCUT2D eigenvalue weighted by molar-refractivity contribution is 5.91. The fourth-order valence-electron chi connectivity index (χ4n) is 2.73. The van der Waals surface area contributed by atoms with Gasteiger partial charge in [-0.05, 0) is 38.5 Å². The van der Waals surface area contributed by atoms with E-state index in [0.717, 1.165) is 18.1 Å². The molecule has 3 nitrogen and oxygen atoms in total. The van der Waals surface area contributed by atoms with Gasteiger partial charge in [-0.25, -0.2) is 5.01 Å². The van der Waals surface area contributed by atoms with E-state index in [9.17, 15) is 4.79 Å². The standard InChI is InChI=1S/C10H14N2O/c1-7-2-3-9(13)12(11-7)10-4-8(5-10)6-10/h8H,2-6H2,1H3. The van der Waals surface area contributed by atoms with Crippen LogP contribution in [0.25, 0.3) is 0 Å². The van der Waals surface area contributed by atoms with Crippen LogP contribution in [-0.4, -0.2) is 22.2 Å². The molecule has 2 bridgehead atoms. The van der Waals surface area contributed by atoms with Crippen molar-refractivity contribution in [1.82, 2.24) is 5.01 Å². The normalized spacial score (nSPS) is 42.2. The Morgan fingerprint density at radius 1 is 1.38 bits per heavy atom. The van der Waals surface area contributed by atoms with Crippen molar-refractivity contribution < 1.29 is 4.79 Å². The molecule has 0 aromatic carbocycles. The van der Waals surface area contributed by atoms with E-state index >= 15 is 0 Å². The zero-order valence-electron chi connectivity index (χ0n) is 7.92. The van der Waals surface area contributed by atoms with Gasteiger partial charge >= 0.3 is 0 Å². The first-order valence-corrected chi connectivity index (χ1v) is 5.07. The summed E-state index contributed by atoms with van der Waals surface area (Å²) in [5.41, 5.74) is 1.30. The first kappa shape index (κ1) is 7.54. The summed E-state index contributed by atoms with van der Waals surface area (Å²) in [6.45, 7) is 2.02. The first-order valence-electron chi connectivity index (χ1n) is 5.07. The smallest absolute Gasteiger partial charge is 0.243 e. The highest BCUT2D eigenvalue weighted by atomic mass is 16.2. The van der Waals surface area contributed by atoms with Gasteiger partial charge in [0.1, 0.15) is 0 Å². The molecule has 3 saturated carbocycles. The summed E-state index contributed by atoms with van der Waals surface area (Å²) in [6, 6.07) is 0. The van der Waals surface area contributed by atoms with E-state index in [1.54, 1.807) is 5.01 Å². The minimum absolute atomic E-state index is 0.184. The summed E-state index contributed by atoms with van der Waals surface area (Å²) in [5, 5.41) is 6.19. The van der Waals surface area contributed by atoms with Crippen molar-refractivity contribution in [1.29, 1.82) is 0 Å². The molecule has 3 fully saturated rings. The maximum atomic E-state index is 11.6. The largest absolute Gasteiger partial charge is 0.273 e. The Morgan fingerprint density at radius 3 is 2.62 bits per heavy atom. The summed E-state index contributed by atoms with van der Waals surface area (Å²) in [7, 11) is 0. The van der Waals surface area contributed by atoms with Crippen molar-refractivity contribution in [3.63, 3.8) is 0 Å². The number of hydrogen-bond donors (Lipinski definition) is 0. The van der Waals surface area contributed by atoms with Crippen LogP contribution in [0.4, 0.5) is 0 Å². The van der Waals surface area contributed by atoms with E-state index in [4.69, 9.17) is 0 Å². The molecule has 1 amide bonds. The van der Waals surface area contributed by atoms with Crippen LogP contribution in [0, 0.1) is 5.92 Å². The lowest BCUT2D eigenvalue weighted by atomic mass is 9.49. The maximum Gasteiger partial charge on any atom is 0.243 e. The van der Waals surface area contributed by atoms with Crippen molar-refractivity contribution in [3.8, 4) is 0 Å². The topological polar surface area (TPSA) is 32.7 Å². The van der Waals surface area contributed by atoms with Crippen molar-refractivity contribution in [3.05, 3.63) is 0 Å². The Kier molecular flexibility index (Phi) is 1.24. The number of hydrazone groups is 1. The molecule has 0 radical (unpaired) electrons. The van der Waals surface area contributed by atoms with Gasteiger partial charge in [-0.1, -0.05) is 0 Å². The van der Waals surface area contributed by atoms with E-state index in [1.807, 2.05) is 6.92 Å². The second kappa shape index (κ2) is 2.14. The highest BCUT2D eigenvalue weighted by Gasteiger charge is 2.62. The van der Waals surface area contributed by atoms with Crippen LogP contribution in [0.1, 0.15) is 39.0 Å². The highest BCUT2D eigenvalue weighted by Crippen LogP contribution is 2.61. The number of carbonyl (C=O) groups is 1. The molecule has 70 valence electrons. The number of rotatable bonds is 1. The molecule has 3 aliphatic carbocycles. The van der Waals surface area contributed by atoms with Gasteiger partial charge in [0.05, 0.1) is 5.54 Å². The number of carbonyl (C=O) groups excluding carboxylic acids is 1. The van der Waals surface area contributed by atoms with E-state index in [0.29, 0.717) is 6.42 Å². The molecule has 0 saturated heterocycles. The molecule has 0 aromatic rings. The molecule has 13 heavy (non-hydrogen) atoms. The zero-order chi connectivity index (χ0) is 9.05. The van der Waals surface area contributed by atoms with Crippen molar-refractivity contribution in [2.75, 3.05) is 0 Å².